The van der Waals surface area contributed by atoms with Crippen molar-refractivity contribution in [3.63, 3.8) is 0 Å². The first-order chi connectivity index (χ1) is 15.3. The Morgan fingerprint density at radius 1 is 1.12 bits per heavy atom. The third-order valence-electron chi connectivity index (χ3n) is 5.96. The van der Waals surface area contributed by atoms with Crippen molar-refractivity contribution in [1.29, 1.82) is 0 Å². The number of nitrogens with zero attached hydrogens (tertiary/aromatic N) is 1. The van der Waals surface area contributed by atoms with Gasteiger partial charge >= 0.3 is 5.97 Å². The fourth-order valence-electron chi connectivity index (χ4n) is 4.40. The normalized spacial score (nSPS) is 16.2. The van der Waals surface area contributed by atoms with Crippen LogP contribution >= 0.6 is 0 Å². The van der Waals surface area contributed by atoms with E-state index in [0.717, 1.165) is 22.2 Å². The van der Waals surface area contributed by atoms with Crippen LogP contribution in [0.1, 0.15) is 40.1 Å². The summed E-state index contributed by atoms with van der Waals surface area (Å²) in [6, 6.07) is 13.7. The number of fused-ring (bicyclic) bond motifs is 1. The minimum Gasteiger partial charge on any atom is -0.503 e. The number of amides is 1. The van der Waals surface area contributed by atoms with Gasteiger partial charge in [0.2, 0.25) is 0 Å². The maximum absolute atomic E-state index is 12.9. The molecule has 0 saturated carbocycles. The summed E-state index contributed by atoms with van der Waals surface area (Å²) in [6.07, 6.45) is 0.552. The monoisotopic (exact) mass is 432 g/mol. The number of carbonyl (C=O) groups is 3. The van der Waals surface area contributed by atoms with Crippen LogP contribution in [0, 0.1) is 6.92 Å². The third kappa shape index (κ3) is 3.56. The number of aliphatic hydroxyl groups is 1. The Balaban J connectivity index is 1.68. The highest BCUT2D eigenvalue weighted by Crippen LogP contribution is 2.38. The van der Waals surface area contributed by atoms with Crippen molar-refractivity contribution in [3.8, 4) is 0 Å². The van der Waals surface area contributed by atoms with Crippen molar-refractivity contribution < 1.29 is 24.2 Å². The molecule has 2 N–H and O–H groups in total. The molecule has 2 heterocycles. The Labute approximate surface area is 185 Å². The number of methoxy groups -OCH3 is 1. The van der Waals surface area contributed by atoms with Crippen LogP contribution in [0.5, 0.6) is 0 Å². The maximum Gasteiger partial charge on any atom is 0.337 e. The van der Waals surface area contributed by atoms with Gasteiger partial charge in [-0.2, -0.15) is 0 Å². The Morgan fingerprint density at radius 3 is 2.47 bits per heavy atom. The second-order valence-corrected chi connectivity index (χ2v) is 7.86. The third-order valence-corrected chi connectivity index (χ3v) is 5.96. The summed E-state index contributed by atoms with van der Waals surface area (Å²) in [7, 11) is 1.30. The number of Topliss-reactive ketones (excluding diaryl/α,β-unsaturated/α-hetero) is 1. The van der Waals surface area contributed by atoms with Crippen LogP contribution in [0.15, 0.2) is 59.9 Å². The van der Waals surface area contributed by atoms with Gasteiger partial charge in [0.25, 0.3) is 5.91 Å². The molecule has 1 unspecified atom stereocenters. The fraction of sp³-hybridized carbons (Fsp3) is 0.240. The van der Waals surface area contributed by atoms with Crippen LogP contribution < -0.4 is 0 Å². The molecule has 0 fully saturated rings. The van der Waals surface area contributed by atoms with E-state index in [0.29, 0.717) is 24.1 Å². The number of hydrogen-bond donors (Lipinski definition) is 2. The van der Waals surface area contributed by atoms with E-state index in [1.165, 1.54) is 18.9 Å². The van der Waals surface area contributed by atoms with Gasteiger partial charge < -0.3 is 19.7 Å². The van der Waals surface area contributed by atoms with Crippen molar-refractivity contribution in [2.24, 2.45) is 0 Å². The molecule has 3 aromatic rings. The number of para-hydroxylation sites is 1. The molecule has 7 heteroatoms. The summed E-state index contributed by atoms with van der Waals surface area (Å²) in [5.41, 5.74) is 4.18. The molecule has 1 amide bonds. The second-order valence-electron chi connectivity index (χ2n) is 7.86. The molecule has 0 saturated heterocycles. The standard InChI is InChI=1S/C25H24N2O5/c1-14-18(19-6-4-5-7-20(19)26-14)12-13-27-22(21(15(2)28)23(29)24(27)30)16-8-10-17(11-9-16)25(31)32-3/h4-11,22,26,29H,12-13H2,1-3H3. The van der Waals surface area contributed by atoms with Crippen LogP contribution in [-0.4, -0.2) is 46.3 Å². The summed E-state index contributed by atoms with van der Waals surface area (Å²) < 4.78 is 4.73. The summed E-state index contributed by atoms with van der Waals surface area (Å²) in [5, 5.41) is 11.6. The van der Waals surface area contributed by atoms with E-state index >= 15 is 0 Å². The molecular formula is C25H24N2O5. The highest BCUT2D eigenvalue weighted by Gasteiger charge is 2.42. The van der Waals surface area contributed by atoms with Gasteiger partial charge in [-0.3, -0.25) is 9.59 Å². The Bertz CT molecular complexity index is 1250. The zero-order valence-corrected chi connectivity index (χ0v) is 18.1. The number of nitrogens with one attached hydrogen (secondary N) is 1. The molecule has 0 bridgehead atoms. The van der Waals surface area contributed by atoms with Crippen molar-refractivity contribution in [3.05, 3.63) is 82.2 Å². The van der Waals surface area contributed by atoms with Gasteiger partial charge in [-0.15, -0.1) is 0 Å². The Morgan fingerprint density at radius 2 is 1.81 bits per heavy atom. The number of hydrogen-bond acceptors (Lipinski definition) is 5. The number of ketones is 1. The van der Waals surface area contributed by atoms with E-state index in [4.69, 9.17) is 4.74 Å². The second kappa shape index (κ2) is 8.34. The van der Waals surface area contributed by atoms with Crippen molar-refractivity contribution in [2.75, 3.05) is 13.7 Å². The molecule has 7 nitrogen and oxygen atoms in total. The van der Waals surface area contributed by atoms with Crippen molar-refractivity contribution in [2.45, 2.75) is 26.3 Å². The van der Waals surface area contributed by atoms with Gasteiger partial charge in [0.1, 0.15) is 0 Å². The molecule has 4 rings (SSSR count). The van der Waals surface area contributed by atoms with E-state index in [9.17, 15) is 19.5 Å². The molecule has 1 aromatic heterocycles. The Kier molecular flexibility index (Phi) is 5.57. The topological polar surface area (TPSA) is 99.7 Å². The number of esters is 1. The van der Waals surface area contributed by atoms with Gasteiger partial charge in [-0.1, -0.05) is 30.3 Å². The first-order valence-electron chi connectivity index (χ1n) is 10.3. The number of H-pyrrole nitrogens is 1. The summed E-state index contributed by atoms with van der Waals surface area (Å²) in [4.78, 5) is 41.9. The maximum atomic E-state index is 12.9. The highest BCUT2D eigenvalue weighted by atomic mass is 16.5. The minimum atomic E-state index is -0.725. The van der Waals surface area contributed by atoms with Gasteiger partial charge in [0.15, 0.2) is 11.5 Å². The zero-order valence-electron chi connectivity index (χ0n) is 18.1. The zero-order chi connectivity index (χ0) is 23.0. The predicted octanol–water partition coefficient (Wildman–Crippen LogP) is 3.79. The van der Waals surface area contributed by atoms with Crippen molar-refractivity contribution >= 4 is 28.6 Å². The van der Waals surface area contributed by atoms with E-state index in [1.54, 1.807) is 24.3 Å². The molecule has 32 heavy (non-hydrogen) atoms. The van der Waals surface area contributed by atoms with E-state index < -0.39 is 23.7 Å². The van der Waals surface area contributed by atoms with E-state index in [-0.39, 0.29) is 11.4 Å². The molecule has 1 aliphatic heterocycles. The van der Waals surface area contributed by atoms with Gasteiger partial charge in [-0.25, -0.2) is 4.79 Å². The number of benzene rings is 2. The summed E-state index contributed by atoms with van der Waals surface area (Å²) in [6.45, 7) is 3.63. The lowest BCUT2D eigenvalue weighted by atomic mass is 9.95. The lowest BCUT2D eigenvalue weighted by Gasteiger charge is -2.27. The smallest absolute Gasteiger partial charge is 0.337 e. The number of ether oxygens (including phenoxy) is 1. The van der Waals surface area contributed by atoms with Crippen LogP contribution in [0.25, 0.3) is 10.9 Å². The molecule has 1 aliphatic rings. The Hall–Kier alpha value is -3.87. The lowest BCUT2D eigenvalue weighted by Crippen LogP contribution is -2.33. The number of aromatic amines is 1. The molecule has 0 radical (unpaired) electrons. The molecule has 164 valence electrons. The molecule has 0 aliphatic carbocycles. The molecule has 2 aromatic carbocycles. The quantitative estimate of drug-likeness (QED) is 0.578. The number of carbonyl (C=O) groups excluding carboxylic acids is 3. The van der Waals surface area contributed by atoms with Crippen molar-refractivity contribution in [1.82, 2.24) is 9.88 Å². The first kappa shape index (κ1) is 21.4. The number of aromatic nitrogens is 1. The van der Waals surface area contributed by atoms with Crippen LogP contribution in [0.4, 0.5) is 0 Å². The summed E-state index contributed by atoms with van der Waals surface area (Å²) >= 11 is 0. The fourth-order valence-corrected chi connectivity index (χ4v) is 4.40. The number of rotatable bonds is 6. The van der Waals surface area contributed by atoms with Crippen LogP contribution in [0.3, 0.4) is 0 Å². The van der Waals surface area contributed by atoms with E-state index in [1.807, 2.05) is 31.2 Å². The molecule has 1 atom stereocenters. The average Bonchev–Trinajstić information content (AvgIpc) is 3.24. The largest absolute Gasteiger partial charge is 0.503 e. The van der Waals surface area contributed by atoms with Crippen LogP contribution in [0.2, 0.25) is 0 Å². The van der Waals surface area contributed by atoms with Gasteiger partial charge in [-0.05, 0) is 49.6 Å². The highest BCUT2D eigenvalue weighted by molar-refractivity contribution is 6.08. The summed E-state index contributed by atoms with van der Waals surface area (Å²) in [5.74, 6) is -1.94. The van der Waals surface area contributed by atoms with Gasteiger partial charge in [0, 0.05) is 23.1 Å². The van der Waals surface area contributed by atoms with Crippen LogP contribution in [-0.2, 0) is 20.7 Å². The average molecular weight is 432 g/mol. The van der Waals surface area contributed by atoms with E-state index in [2.05, 4.69) is 4.98 Å². The number of aryl methyl sites for hydroxylation is 1. The lowest BCUT2D eigenvalue weighted by molar-refractivity contribution is -0.129. The minimum absolute atomic E-state index is 0.0662. The molecular weight excluding hydrogens is 408 g/mol. The molecule has 0 spiro atoms. The SMILES string of the molecule is COC(=O)c1ccc(C2C(C(C)=O)=C(O)C(=O)N2CCc2c(C)[nH]c3ccccc23)cc1. The predicted molar refractivity (Wildman–Crippen MR) is 119 cm³/mol. The van der Waals surface area contributed by atoms with Gasteiger partial charge in [0.05, 0.1) is 24.3 Å². The first-order valence-corrected chi connectivity index (χ1v) is 10.3. The number of aliphatic hydroxyl groups excluding tert-OH is 1.